The van der Waals surface area contributed by atoms with Gasteiger partial charge in [-0.2, -0.15) is 4.98 Å². The highest BCUT2D eigenvalue weighted by Crippen LogP contribution is 2.25. The number of anilines is 3. The lowest BCUT2D eigenvalue weighted by molar-refractivity contribution is 0.602. The molecule has 128 valence electrons. The fraction of sp³-hybridized carbons (Fsp3) is 0.412. The van der Waals surface area contributed by atoms with Crippen molar-refractivity contribution in [2.45, 2.75) is 26.3 Å². The van der Waals surface area contributed by atoms with Crippen LogP contribution >= 0.6 is 0 Å². The van der Waals surface area contributed by atoms with Gasteiger partial charge in [0.05, 0.1) is 11.5 Å². The maximum absolute atomic E-state index is 11.6. The zero-order valence-corrected chi connectivity index (χ0v) is 14.8. The number of nitrogens with zero attached hydrogens (tertiary/aromatic N) is 3. The van der Waals surface area contributed by atoms with Crippen molar-refractivity contribution in [3.05, 3.63) is 42.1 Å². The second kappa shape index (κ2) is 6.76. The average molecular weight is 346 g/mol. The van der Waals surface area contributed by atoms with Crippen molar-refractivity contribution in [3.63, 3.8) is 0 Å². The van der Waals surface area contributed by atoms with E-state index in [-0.39, 0.29) is 17.5 Å². The Balaban J connectivity index is 1.86. The summed E-state index contributed by atoms with van der Waals surface area (Å²) < 4.78 is 23.2. The zero-order chi connectivity index (χ0) is 17.2. The topological polar surface area (TPSA) is 75.2 Å². The van der Waals surface area contributed by atoms with Gasteiger partial charge in [0.25, 0.3) is 0 Å². The fourth-order valence-electron chi connectivity index (χ4n) is 2.93. The van der Waals surface area contributed by atoms with Crippen molar-refractivity contribution in [1.82, 2.24) is 9.97 Å². The number of aromatic nitrogens is 2. The van der Waals surface area contributed by atoms with Crippen LogP contribution in [-0.4, -0.2) is 42.5 Å². The molecule has 1 fully saturated rings. The smallest absolute Gasteiger partial charge is 0.225 e. The van der Waals surface area contributed by atoms with E-state index < -0.39 is 9.84 Å². The van der Waals surface area contributed by atoms with Crippen LogP contribution in [0.3, 0.4) is 0 Å². The lowest BCUT2D eigenvalue weighted by atomic mass is 10.2. The molecule has 0 saturated carbocycles. The predicted octanol–water partition coefficient (Wildman–Crippen LogP) is 2.54. The molecule has 0 amide bonds. The maximum Gasteiger partial charge on any atom is 0.225 e. The van der Waals surface area contributed by atoms with E-state index in [0.29, 0.717) is 12.4 Å². The summed E-state index contributed by atoms with van der Waals surface area (Å²) in [6.45, 7) is 4.76. The number of hydrogen-bond donors (Lipinski definition) is 1. The molecule has 6 nitrogen and oxygen atoms in total. The lowest BCUT2D eigenvalue weighted by Gasteiger charge is -2.23. The van der Waals surface area contributed by atoms with E-state index in [1.165, 1.54) is 0 Å². The largest absolute Gasteiger partial charge is 0.350 e. The van der Waals surface area contributed by atoms with E-state index in [2.05, 4.69) is 27.1 Å². The van der Waals surface area contributed by atoms with E-state index in [9.17, 15) is 8.42 Å². The Bertz CT molecular complexity index is 809. The normalized spacial score (nSPS) is 19.2. The minimum absolute atomic E-state index is 0.114. The Morgan fingerprint density at radius 3 is 2.62 bits per heavy atom. The predicted molar refractivity (Wildman–Crippen MR) is 96.6 cm³/mol. The second-order valence-electron chi connectivity index (χ2n) is 6.02. The molecule has 1 aliphatic rings. The van der Waals surface area contributed by atoms with E-state index in [4.69, 9.17) is 0 Å². The summed E-state index contributed by atoms with van der Waals surface area (Å²) in [6, 6.07) is 11.9. The number of nitrogens with one attached hydrogen (secondary N) is 1. The molecule has 1 aromatic heterocycles. The third-order valence-electron chi connectivity index (χ3n) is 4.07. The van der Waals surface area contributed by atoms with Crippen molar-refractivity contribution in [2.75, 3.05) is 28.3 Å². The van der Waals surface area contributed by atoms with Gasteiger partial charge in [0.15, 0.2) is 9.84 Å². The number of para-hydroxylation sites is 1. The van der Waals surface area contributed by atoms with Crippen molar-refractivity contribution in [3.8, 4) is 0 Å². The van der Waals surface area contributed by atoms with Crippen LogP contribution < -0.4 is 10.2 Å². The summed E-state index contributed by atoms with van der Waals surface area (Å²) >= 11 is 0. The highest BCUT2D eigenvalue weighted by Gasteiger charge is 2.28. The highest BCUT2D eigenvalue weighted by molar-refractivity contribution is 7.91. The quantitative estimate of drug-likeness (QED) is 0.897. The van der Waals surface area contributed by atoms with Crippen LogP contribution in [0.25, 0.3) is 0 Å². The van der Waals surface area contributed by atoms with Gasteiger partial charge in [-0.05, 0) is 32.4 Å². The third kappa shape index (κ3) is 3.84. The van der Waals surface area contributed by atoms with Crippen molar-refractivity contribution in [2.24, 2.45) is 0 Å². The lowest BCUT2D eigenvalue weighted by Crippen LogP contribution is -2.24. The summed E-state index contributed by atoms with van der Waals surface area (Å²) in [5.74, 6) is 1.67. The molecule has 1 saturated heterocycles. The summed E-state index contributed by atoms with van der Waals surface area (Å²) in [7, 11) is -2.93. The van der Waals surface area contributed by atoms with E-state index >= 15 is 0 Å². The summed E-state index contributed by atoms with van der Waals surface area (Å²) in [4.78, 5) is 11.1. The second-order valence-corrected chi connectivity index (χ2v) is 8.24. The first kappa shape index (κ1) is 16.7. The van der Waals surface area contributed by atoms with Crippen LogP contribution in [0.1, 0.15) is 19.0 Å². The molecule has 0 radical (unpaired) electrons. The minimum atomic E-state index is -2.93. The molecule has 1 atom stereocenters. The molecule has 2 aromatic rings. The van der Waals surface area contributed by atoms with Crippen LogP contribution in [0.4, 0.5) is 17.5 Å². The zero-order valence-electron chi connectivity index (χ0n) is 13.9. The van der Waals surface area contributed by atoms with Crippen molar-refractivity contribution >= 4 is 27.3 Å². The molecule has 0 aliphatic carbocycles. The van der Waals surface area contributed by atoms with Gasteiger partial charge in [0, 0.05) is 30.0 Å². The van der Waals surface area contributed by atoms with Gasteiger partial charge in [-0.1, -0.05) is 18.2 Å². The molecule has 0 bridgehead atoms. The first-order chi connectivity index (χ1) is 11.5. The van der Waals surface area contributed by atoms with Gasteiger partial charge >= 0.3 is 0 Å². The molecule has 0 spiro atoms. The summed E-state index contributed by atoms with van der Waals surface area (Å²) in [5.41, 5.74) is 1.91. The number of sulfone groups is 1. The van der Waals surface area contributed by atoms with E-state index in [1.54, 1.807) is 0 Å². The fourth-order valence-corrected chi connectivity index (χ4v) is 4.60. The molecule has 1 unspecified atom stereocenters. The van der Waals surface area contributed by atoms with Crippen molar-refractivity contribution < 1.29 is 8.42 Å². The van der Waals surface area contributed by atoms with Crippen LogP contribution in [0, 0.1) is 6.92 Å². The third-order valence-corrected chi connectivity index (χ3v) is 5.83. The number of rotatable bonds is 5. The Morgan fingerprint density at radius 1 is 1.25 bits per heavy atom. The molecule has 1 N–H and O–H groups in total. The molecular weight excluding hydrogens is 324 g/mol. The molecule has 2 heterocycles. The molecule has 7 heteroatoms. The van der Waals surface area contributed by atoms with Gasteiger partial charge in [0.2, 0.25) is 5.95 Å². The number of benzene rings is 1. The molecular formula is C17H22N4O2S. The van der Waals surface area contributed by atoms with Crippen LogP contribution in [0.15, 0.2) is 36.4 Å². The first-order valence-electron chi connectivity index (χ1n) is 8.12. The molecule has 3 rings (SSSR count). The molecule has 1 aliphatic heterocycles. The Kier molecular flexibility index (Phi) is 4.71. The Morgan fingerprint density at radius 2 is 2.00 bits per heavy atom. The van der Waals surface area contributed by atoms with E-state index in [0.717, 1.165) is 23.7 Å². The van der Waals surface area contributed by atoms with Gasteiger partial charge in [0.1, 0.15) is 5.82 Å². The SMILES string of the molecule is CCN(c1ccccc1)c1cc(C)nc(NC2CCS(=O)(=O)C2)n1. The summed E-state index contributed by atoms with van der Waals surface area (Å²) in [6.07, 6.45) is 0.602. The van der Waals surface area contributed by atoms with Gasteiger partial charge in [-0.25, -0.2) is 13.4 Å². The van der Waals surface area contributed by atoms with Gasteiger partial charge in [-0.3, -0.25) is 0 Å². The molecule has 1 aromatic carbocycles. The maximum atomic E-state index is 11.6. The van der Waals surface area contributed by atoms with Crippen molar-refractivity contribution in [1.29, 1.82) is 0 Å². The van der Waals surface area contributed by atoms with Crippen LogP contribution in [0.5, 0.6) is 0 Å². The monoisotopic (exact) mass is 346 g/mol. The Labute approximate surface area is 142 Å². The number of aryl methyl sites for hydroxylation is 1. The minimum Gasteiger partial charge on any atom is -0.350 e. The standard InChI is InChI=1S/C17H22N4O2S/c1-3-21(15-7-5-4-6-8-15)16-11-13(2)18-17(20-16)19-14-9-10-24(22,23)12-14/h4-8,11,14H,3,9-10,12H2,1-2H3,(H,18,19,20). The van der Waals surface area contributed by atoms with Gasteiger partial charge in [-0.15, -0.1) is 0 Å². The van der Waals surface area contributed by atoms with Crippen LogP contribution in [0.2, 0.25) is 0 Å². The average Bonchev–Trinajstić information content (AvgIpc) is 2.87. The first-order valence-corrected chi connectivity index (χ1v) is 9.94. The number of hydrogen-bond acceptors (Lipinski definition) is 6. The summed E-state index contributed by atoms with van der Waals surface area (Å²) in [5, 5.41) is 3.18. The van der Waals surface area contributed by atoms with Gasteiger partial charge < -0.3 is 10.2 Å². The van der Waals surface area contributed by atoms with E-state index in [1.807, 2.05) is 43.3 Å². The Hall–Kier alpha value is -2.15. The molecule has 24 heavy (non-hydrogen) atoms. The van der Waals surface area contributed by atoms with Crippen LogP contribution in [-0.2, 0) is 9.84 Å². The highest BCUT2D eigenvalue weighted by atomic mass is 32.2.